The second-order valence-electron chi connectivity index (χ2n) is 8.59. The summed E-state index contributed by atoms with van der Waals surface area (Å²) in [6.07, 6.45) is 3.40. The van der Waals surface area contributed by atoms with Crippen molar-refractivity contribution in [3.8, 4) is 5.75 Å². The number of aryl methyl sites for hydroxylation is 2. The number of fused-ring (bicyclic) bond motifs is 1. The zero-order valence-electron chi connectivity index (χ0n) is 19.4. The summed E-state index contributed by atoms with van der Waals surface area (Å²) in [5.41, 5.74) is 2.36. The highest BCUT2D eigenvalue weighted by Crippen LogP contribution is 2.37. The van der Waals surface area contributed by atoms with Gasteiger partial charge in [-0.1, -0.05) is 56.9 Å². The summed E-state index contributed by atoms with van der Waals surface area (Å²) in [5, 5.41) is 2.99. The van der Waals surface area contributed by atoms with Crippen molar-refractivity contribution in [1.29, 1.82) is 0 Å². The number of sulfonamides is 1. The first kappa shape index (κ1) is 24.1. The van der Waals surface area contributed by atoms with Crippen LogP contribution in [0.2, 0.25) is 0 Å². The molecule has 0 bridgehead atoms. The van der Waals surface area contributed by atoms with E-state index in [2.05, 4.69) is 19.2 Å². The Kier molecular flexibility index (Phi) is 7.82. The zero-order chi connectivity index (χ0) is 23.3. The van der Waals surface area contributed by atoms with Crippen molar-refractivity contribution in [3.05, 3.63) is 53.6 Å². The Balaban J connectivity index is 1.85. The van der Waals surface area contributed by atoms with Gasteiger partial charge in [-0.05, 0) is 56.0 Å². The molecule has 0 radical (unpaired) electrons. The van der Waals surface area contributed by atoms with Crippen LogP contribution < -0.4 is 14.4 Å². The number of hydrogen-bond acceptors (Lipinski definition) is 4. The molecule has 0 saturated carbocycles. The van der Waals surface area contributed by atoms with Crippen LogP contribution in [0.3, 0.4) is 0 Å². The van der Waals surface area contributed by atoms with Crippen LogP contribution in [-0.4, -0.2) is 33.5 Å². The number of anilines is 1. The van der Waals surface area contributed by atoms with Crippen molar-refractivity contribution in [3.63, 3.8) is 0 Å². The minimum atomic E-state index is -3.85. The van der Waals surface area contributed by atoms with Crippen molar-refractivity contribution in [1.82, 2.24) is 5.32 Å². The lowest BCUT2D eigenvalue weighted by atomic mass is 9.99. The van der Waals surface area contributed by atoms with Gasteiger partial charge in [-0.2, -0.15) is 0 Å². The summed E-state index contributed by atoms with van der Waals surface area (Å²) >= 11 is 0. The molecule has 0 unspecified atom stereocenters. The van der Waals surface area contributed by atoms with E-state index in [0.717, 1.165) is 36.8 Å². The van der Waals surface area contributed by atoms with Crippen molar-refractivity contribution >= 4 is 21.6 Å². The van der Waals surface area contributed by atoms with Gasteiger partial charge in [-0.25, -0.2) is 8.42 Å². The fourth-order valence-electron chi connectivity index (χ4n) is 3.87. The topological polar surface area (TPSA) is 75.7 Å². The Morgan fingerprint density at radius 3 is 2.47 bits per heavy atom. The number of nitrogens with zero attached hydrogens (tertiary/aromatic N) is 1. The SMILES string of the molecule is CCCC[C@H](CC)CNC(=O)[C@@H]1CN(S(=O)(=O)c2ccc(C)cc2)c2cc(C)ccc2O1. The predicted octanol–water partition coefficient (Wildman–Crippen LogP) is 4.59. The van der Waals surface area contributed by atoms with Crippen molar-refractivity contribution in [2.45, 2.75) is 64.4 Å². The number of benzene rings is 2. The van der Waals surface area contributed by atoms with Gasteiger partial charge in [0.05, 0.1) is 17.1 Å². The van der Waals surface area contributed by atoms with Crippen molar-refractivity contribution in [2.24, 2.45) is 5.92 Å². The molecule has 1 aliphatic heterocycles. The Hall–Kier alpha value is -2.54. The van der Waals surface area contributed by atoms with E-state index >= 15 is 0 Å². The number of rotatable bonds is 9. The first-order valence-electron chi connectivity index (χ1n) is 11.4. The van der Waals surface area contributed by atoms with Gasteiger partial charge in [-0.15, -0.1) is 0 Å². The maximum Gasteiger partial charge on any atom is 0.264 e. The van der Waals surface area contributed by atoms with Gasteiger partial charge in [0.25, 0.3) is 15.9 Å². The maximum absolute atomic E-state index is 13.5. The summed E-state index contributed by atoms with van der Waals surface area (Å²) < 4.78 is 34.3. The molecule has 174 valence electrons. The molecular formula is C25H34N2O4S. The molecule has 6 nitrogen and oxygen atoms in total. The minimum Gasteiger partial charge on any atom is -0.476 e. The smallest absolute Gasteiger partial charge is 0.264 e. The maximum atomic E-state index is 13.5. The van der Waals surface area contributed by atoms with Crippen LogP contribution in [0.1, 0.15) is 50.7 Å². The van der Waals surface area contributed by atoms with E-state index in [4.69, 9.17) is 4.74 Å². The molecule has 32 heavy (non-hydrogen) atoms. The first-order valence-corrected chi connectivity index (χ1v) is 12.8. The summed E-state index contributed by atoms with van der Waals surface area (Å²) in [4.78, 5) is 13.2. The third-order valence-electron chi connectivity index (χ3n) is 5.99. The number of carbonyl (C=O) groups excluding carboxylic acids is 1. The molecule has 2 atom stereocenters. The minimum absolute atomic E-state index is 0.0652. The summed E-state index contributed by atoms with van der Waals surface area (Å²) in [5.74, 6) is 0.524. The predicted molar refractivity (Wildman–Crippen MR) is 128 cm³/mol. The third-order valence-corrected chi connectivity index (χ3v) is 7.79. The molecule has 0 saturated heterocycles. The molecule has 1 amide bonds. The third kappa shape index (κ3) is 5.44. The highest BCUT2D eigenvalue weighted by Gasteiger charge is 2.37. The number of nitrogens with one attached hydrogen (secondary N) is 1. The molecular weight excluding hydrogens is 424 g/mol. The second kappa shape index (κ2) is 10.4. The van der Waals surface area contributed by atoms with Crippen LogP contribution in [0, 0.1) is 19.8 Å². The number of unbranched alkanes of at least 4 members (excludes halogenated alkanes) is 1. The van der Waals surface area contributed by atoms with E-state index in [9.17, 15) is 13.2 Å². The largest absolute Gasteiger partial charge is 0.476 e. The molecule has 0 aliphatic carbocycles. The summed E-state index contributed by atoms with van der Waals surface area (Å²) in [7, 11) is -3.85. The first-order chi connectivity index (χ1) is 15.3. The molecule has 3 rings (SSSR count). The van der Waals surface area contributed by atoms with E-state index in [0.29, 0.717) is 23.9 Å². The van der Waals surface area contributed by atoms with E-state index in [1.165, 1.54) is 4.31 Å². The van der Waals surface area contributed by atoms with Gasteiger partial charge in [0, 0.05) is 6.54 Å². The van der Waals surface area contributed by atoms with Gasteiger partial charge in [0.1, 0.15) is 5.75 Å². The Morgan fingerprint density at radius 1 is 1.12 bits per heavy atom. The van der Waals surface area contributed by atoms with Crippen LogP contribution >= 0.6 is 0 Å². The van der Waals surface area contributed by atoms with Gasteiger partial charge in [0.15, 0.2) is 6.10 Å². The fourth-order valence-corrected chi connectivity index (χ4v) is 5.33. The molecule has 0 fully saturated rings. The number of amides is 1. The van der Waals surface area contributed by atoms with Crippen LogP contribution in [-0.2, 0) is 14.8 Å². The molecule has 2 aromatic carbocycles. The van der Waals surface area contributed by atoms with Crippen LogP contribution in [0.15, 0.2) is 47.4 Å². The van der Waals surface area contributed by atoms with E-state index in [1.807, 2.05) is 19.9 Å². The number of ether oxygens (including phenoxy) is 1. The molecule has 7 heteroatoms. The number of hydrogen-bond donors (Lipinski definition) is 1. The lowest BCUT2D eigenvalue weighted by Gasteiger charge is -2.35. The Morgan fingerprint density at radius 2 is 1.81 bits per heavy atom. The average molecular weight is 459 g/mol. The zero-order valence-corrected chi connectivity index (χ0v) is 20.2. The van der Waals surface area contributed by atoms with E-state index < -0.39 is 16.1 Å². The monoisotopic (exact) mass is 458 g/mol. The molecule has 2 aromatic rings. The molecule has 0 spiro atoms. The van der Waals surface area contributed by atoms with Crippen LogP contribution in [0.5, 0.6) is 5.75 Å². The normalized spacial score (nSPS) is 16.8. The Bertz CT molecular complexity index is 1030. The van der Waals surface area contributed by atoms with Crippen molar-refractivity contribution < 1.29 is 17.9 Å². The molecule has 1 heterocycles. The molecule has 0 aromatic heterocycles. The van der Waals surface area contributed by atoms with E-state index in [1.54, 1.807) is 36.4 Å². The standard InChI is InChI=1S/C25H34N2O4S/c1-5-7-8-20(6-2)16-26-25(28)24-17-27(22-15-19(4)11-14-23(22)31-24)32(29,30)21-12-9-18(3)10-13-21/h9-15,20,24H,5-8,16-17H2,1-4H3,(H,26,28)/t20-,24-/m0/s1. The highest BCUT2D eigenvalue weighted by atomic mass is 32.2. The number of carbonyl (C=O) groups is 1. The lowest BCUT2D eigenvalue weighted by Crippen LogP contribution is -2.51. The van der Waals surface area contributed by atoms with Crippen LogP contribution in [0.25, 0.3) is 0 Å². The van der Waals surface area contributed by atoms with Crippen LogP contribution in [0.4, 0.5) is 5.69 Å². The van der Waals surface area contributed by atoms with E-state index in [-0.39, 0.29) is 17.3 Å². The van der Waals surface area contributed by atoms with Gasteiger partial charge >= 0.3 is 0 Å². The Labute approximate surface area is 192 Å². The highest BCUT2D eigenvalue weighted by molar-refractivity contribution is 7.92. The van der Waals surface area contributed by atoms with Gasteiger partial charge in [0.2, 0.25) is 0 Å². The summed E-state index contributed by atoms with van der Waals surface area (Å²) in [6, 6.07) is 12.1. The van der Waals surface area contributed by atoms with Crippen molar-refractivity contribution in [2.75, 3.05) is 17.4 Å². The lowest BCUT2D eigenvalue weighted by molar-refractivity contribution is -0.127. The van der Waals surface area contributed by atoms with Gasteiger partial charge < -0.3 is 10.1 Å². The fraction of sp³-hybridized carbons (Fsp3) is 0.480. The average Bonchev–Trinajstić information content (AvgIpc) is 2.78. The quantitative estimate of drug-likeness (QED) is 0.596. The summed E-state index contributed by atoms with van der Waals surface area (Å²) in [6.45, 7) is 8.59. The molecule has 1 N–H and O–H groups in total. The van der Waals surface area contributed by atoms with Gasteiger partial charge in [-0.3, -0.25) is 9.10 Å². The molecule has 1 aliphatic rings. The second-order valence-corrected chi connectivity index (χ2v) is 10.5.